The van der Waals surface area contributed by atoms with Crippen LogP contribution in [-0.2, 0) is 18.1 Å². The first kappa shape index (κ1) is 25.6. The molecule has 0 heterocycles. The summed E-state index contributed by atoms with van der Waals surface area (Å²) in [6.45, 7) is 0. The van der Waals surface area contributed by atoms with E-state index < -0.39 is 40.8 Å². The quantitative estimate of drug-likeness (QED) is 0.353. The highest BCUT2D eigenvalue weighted by Gasteiger charge is 2.40. The molecule has 190 valence electrons. The van der Waals surface area contributed by atoms with E-state index in [0.717, 1.165) is 49.9 Å². The fourth-order valence-corrected chi connectivity index (χ4v) is 4.71. The van der Waals surface area contributed by atoms with Gasteiger partial charge in [0.15, 0.2) is 11.6 Å². The molecule has 0 radical (unpaired) electrons. The summed E-state index contributed by atoms with van der Waals surface area (Å²) in [4.78, 5) is 13.2. The average molecular weight is 506 g/mol. The lowest BCUT2D eigenvalue weighted by Crippen LogP contribution is -2.53. The second kappa shape index (κ2) is 10.2. The van der Waals surface area contributed by atoms with E-state index in [2.05, 4.69) is 10.6 Å². The smallest absolute Gasteiger partial charge is 0.335 e. The Bertz CT molecular complexity index is 1220. The van der Waals surface area contributed by atoms with Gasteiger partial charge in [0.05, 0.1) is 11.1 Å². The monoisotopic (exact) mass is 506 g/mol. The molecule has 0 aromatic heterocycles. The Morgan fingerprint density at radius 2 is 1.47 bits per heavy atom. The standard InChI is InChI=1S/C27H24F6N2O/c28-21-13-19(12-20(14-21)27(31,32)33)26(16-17-6-2-1-3-7-17,18-10-11-23(29)24(30)15-18)35-25(36)34-22-8-4-5-9-22/h1-3,6-7,10-15,22H,4-5,8-9,16H2,(H2,34,35,36)/t26-/m1/s1. The van der Waals surface area contributed by atoms with Crippen molar-refractivity contribution in [2.24, 2.45) is 0 Å². The fourth-order valence-electron chi connectivity index (χ4n) is 4.71. The van der Waals surface area contributed by atoms with Crippen LogP contribution in [0.1, 0.15) is 47.9 Å². The van der Waals surface area contributed by atoms with Gasteiger partial charge in [-0.2, -0.15) is 13.2 Å². The second-order valence-electron chi connectivity index (χ2n) is 9.00. The first-order valence-electron chi connectivity index (χ1n) is 11.5. The number of amides is 2. The van der Waals surface area contributed by atoms with E-state index in [-0.39, 0.29) is 23.6 Å². The Morgan fingerprint density at radius 1 is 0.806 bits per heavy atom. The molecule has 3 aromatic carbocycles. The lowest BCUT2D eigenvalue weighted by molar-refractivity contribution is -0.137. The molecule has 1 aliphatic carbocycles. The third kappa shape index (κ3) is 5.66. The summed E-state index contributed by atoms with van der Waals surface area (Å²) < 4.78 is 83.8. The highest BCUT2D eigenvalue weighted by molar-refractivity contribution is 5.76. The number of urea groups is 1. The van der Waals surface area contributed by atoms with Crippen molar-refractivity contribution < 1.29 is 31.1 Å². The molecule has 9 heteroatoms. The van der Waals surface area contributed by atoms with Crippen LogP contribution in [-0.4, -0.2) is 12.1 Å². The molecule has 4 rings (SSSR count). The van der Waals surface area contributed by atoms with Crippen LogP contribution in [0.2, 0.25) is 0 Å². The normalized spacial score (nSPS) is 15.9. The van der Waals surface area contributed by atoms with Crippen LogP contribution in [0.4, 0.5) is 31.1 Å². The first-order valence-corrected chi connectivity index (χ1v) is 11.5. The Kier molecular flexibility index (Phi) is 7.28. The van der Waals surface area contributed by atoms with Crippen molar-refractivity contribution in [3.63, 3.8) is 0 Å². The number of nitrogens with one attached hydrogen (secondary N) is 2. The average Bonchev–Trinajstić information content (AvgIpc) is 3.33. The summed E-state index contributed by atoms with van der Waals surface area (Å²) in [6.07, 6.45) is -1.72. The third-order valence-electron chi connectivity index (χ3n) is 6.46. The van der Waals surface area contributed by atoms with Crippen LogP contribution >= 0.6 is 0 Å². The Hall–Kier alpha value is -3.49. The van der Waals surface area contributed by atoms with Gasteiger partial charge < -0.3 is 10.6 Å². The predicted molar refractivity (Wildman–Crippen MR) is 123 cm³/mol. The Labute approximate surface area is 204 Å². The second-order valence-corrected chi connectivity index (χ2v) is 9.00. The molecular weight excluding hydrogens is 482 g/mol. The van der Waals surface area contributed by atoms with Gasteiger partial charge in [-0.25, -0.2) is 18.0 Å². The molecule has 2 N–H and O–H groups in total. The Balaban J connectivity index is 1.92. The molecule has 0 bridgehead atoms. The molecule has 1 aliphatic rings. The van der Waals surface area contributed by atoms with Gasteiger partial charge in [-0.3, -0.25) is 0 Å². The minimum absolute atomic E-state index is 0.0365. The molecular formula is C27H24F6N2O. The van der Waals surface area contributed by atoms with E-state index in [4.69, 9.17) is 0 Å². The number of halogens is 6. The molecule has 1 fully saturated rings. The topological polar surface area (TPSA) is 41.1 Å². The van der Waals surface area contributed by atoms with Crippen molar-refractivity contribution >= 4 is 6.03 Å². The van der Waals surface area contributed by atoms with Gasteiger partial charge in [-0.05, 0) is 59.9 Å². The van der Waals surface area contributed by atoms with E-state index in [1.807, 2.05) is 0 Å². The summed E-state index contributed by atoms with van der Waals surface area (Å²) in [5.74, 6) is -3.61. The number of benzene rings is 3. The summed E-state index contributed by atoms with van der Waals surface area (Å²) in [7, 11) is 0. The summed E-state index contributed by atoms with van der Waals surface area (Å²) in [5, 5.41) is 5.53. The van der Waals surface area contributed by atoms with Crippen LogP contribution in [0.5, 0.6) is 0 Å². The van der Waals surface area contributed by atoms with Crippen LogP contribution in [0.15, 0.2) is 66.7 Å². The number of alkyl halides is 3. The number of carbonyl (C=O) groups excluding carboxylic acids is 1. The zero-order chi connectivity index (χ0) is 25.9. The maximum absolute atomic E-state index is 14.6. The fraction of sp³-hybridized carbons (Fsp3) is 0.296. The lowest BCUT2D eigenvalue weighted by Gasteiger charge is -2.37. The van der Waals surface area contributed by atoms with E-state index in [1.54, 1.807) is 30.3 Å². The molecule has 3 nitrogen and oxygen atoms in total. The summed E-state index contributed by atoms with van der Waals surface area (Å²) in [6, 6.07) is 12.4. The molecule has 3 aromatic rings. The first-order chi connectivity index (χ1) is 17.1. The van der Waals surface area contributed by atoms with Gasteiger partial charge in [0, 0.05) is 12.5 Å². The Morgan fingerprint density at radius 3 is 2.11 bits per heavy atom. The number of hydrogen-bond acceptors (Lipinski definition) is 1. The van der Waals surface area contributed by atoms with E-state index in [0.29, 0.717) is 11.6 Å². The van der Waals surface area contributed by atoms with Gasteiger partial charge in [-0.1, -0.05) is 49.2 Å². The van der Waals surface area contributed by atoms with Crippen LogP contribution in [0.25, 0.3) is 0 Å². The molecule has 1 atom stereocenters. The van der Waals surface area contributed by atoms with Gasteiger partial charge in [0.1, 0.15) is 5.82 Å². The molecule has 36 heavy (non-hydrogen) atoms. The number of carbonyl (C=O) groups is 1. The van der Waals surface area contributed by atoms with Gasteiger partial charge in [0.2, 0.25) is 0 Å². The van der Waals surface area contributed by atoms with Crippen LogP contribution in [0.3, 0.4) is 0 Å². The highest BCUT2D eigenvalue weighted by Crippen LogP contribution is 2.38. The zero-order valence-electron chi connectivity index (χ0n) is 19.1. The van der Waals surface area contributed by atoms with Crippen molar-refractivity contribution in [2.75, 3.05) is 0 Å². The van der Waals surface area contributed by atoms with E-state index in [9.17, 15) is 31.1 Å². The maximum atomic E-state index is 14.6. The van der Waals surface area contributed by atoms with Gasteiger partial charge in [-0.15, -0.1) is 0 Å². The zero-order valence-corrected chi connectivity index (χ0v) is 19.1. The minimum atomic E-state index is -4.88. The van der Waals surface area contributed by atoms with Crippen molar-refractivity contribution in [3.05, 3.63) is 106 Å². The van der Waals surface area contributed by atoms with Gasteiger partial charge >= 0.3 is 12.2 Å². The molecule has 2 amide bonds. The molecule has 0 spiro atoms. The SMILES string of the molecule is O=C(NC1CCCC1)N[C@@](Cc1ccccc1)(c1cc(F)cc(C(F)(F)F)c1)c1ccc(F)c(F)c1. The molecule has 0 saturated heterocycles. The predicted octanol–water partition coefficient (Wildman–Crippen LogP) is 6.85. The van der Waals surface area contributed by atoms with Crippen molar-refractivity contribution in [3.8, 4) is 0 Å². The van der Waals surface area contributed by atoms with Crippen LogP contribution in [0, 0.1) is 17.5 Å². The van der Waals surface area contributed by atoms with Gasteiger partial charge in [0.25, 0.3) is 0 Å². The molecule has 1 saturated carbocycles. The number of rotatable bonds is 6. The van der Waals surface area contributed by atoms with Crippen LogP contribution < -0.4 is 10.6 Å². The van der Waals surface area contributed by atoms with Crippen molar-refractivity contribution in [1.29, 1.82) is 0 Å². The molecule has 0 unspecified atom stereocenters. The lowest BCUT2D eigenvalue weighted by atomic mass is 9.77. The van der Waals surface area contributed by atoms with E-state index in [1.165, 1.54) is 6.07 Å². The summed E-state index contributed by atoms with van der Waals surface area (Å²) >= 11 is 0. The largest absolute Gasteiger partial charge is 0.416 e. The molecule has 0 aliphatic heterocycles. The third-order valence-corrected chi connectivity index (χ3v) is 6.46. The maximum Gasteiger partial charge on any atom is 0.416 e. The van der Waals surface area contributed by atoms with Crippen molar-refractivity contribution in [2.45, 2.75) is 49.9 Å². The summed E-state index contributed by atoms with van der Waals surface area (Å²) in [5.41, 5.74) is -2.85. The highest BCUT2D eigenvalue weighted by atomic mass is 19.4. The van der Waals surface area contributed by atoms with E-state index >= 15 is 0 Å². The minimum Gasteiger partial charge on any atom is -0.335 e. The van der Waals surface area contributed by atoms with Crippen molar-refractivity contribution in [1.82, 2.24) is 10.6 Å². The number of hydrogen-bond donors (Lipinski definition) is 2.